The van der Waals surface area contributed by atoms with Crippen molar-refractivity contribution in [3.63, 3.8) is 0 Å². The number of likely N-dealkylation sites (tertiary alicyclic amines) is 1. The maximum Gasteiger partial charge on any atom is 0.180 e. The topological polar surface area (TPSA) is 78.5 Å². The highest BCUT2D eigenvalue weighted by Crippen LogP contribution is 2.31. The Kier molecular flexibility index (Phi) is 7.91. The SMILES string of the molecule is Cc1c(F)cccc1Cc1c(CN2CC(O)C2)nc2c(N=C(c3ccccc3)c3ccccc3)cc(N3CCOCC3)nn12. The molecule has 0 atom stereocenters. The molecular formula is C35H35FN6O2. The van der Waals surface area contributed by atoms with E-state index in [0.29, 0.717) is 56.2 Å². The Morgan fingerprint density at radius 3 is 2.30 bits per heavy atom. The third-order valence-electron chi connectivity index (χ3n) is 8.44. The van der Waals surface area contributed by atoms with Crippen molar-refractivity contribution in [1.29, 1.82) is 0 Å². The van der Waals surface area contributed by atoms with Gasteiger partial charge in [-0.05, 0) is 24.1 Å². The highest BCUT2D eigenvalue weighted by molar-refractivity contribution is 6.14. The summed E-state index contributed by atoms with van der Waals surface area (Å²) in [5.41, 5.74) is 7.43. The lowest BCUT2D eigenvalue weighted by Crippen LogP contribution is -2.50. The highest BCUT2D eigenvalue weighted by atomic mass is 19.1. The summed E-state index contributed by atoms with van der Waals surface area (Å²) in [6.07, 6.45) is 0.134. The number of aliphatic hydroxyl groups excluding tert-OH is 1. The van der Waals surface area contributed by atoms with Crippen LogP contribution in [0.4, 0.5) is 15.9 Å². The molecule has 2 aliphatic heterocycles. The quantitative estimate of drug-likeness (QED) is 0.258. The van der Waals surface area contributed by atoms with Gasteiger partial charge in [-0.1, -0.05) is 72.8 Å². The third kappa shape index (κ3) is 5.74. The lowest BCUT2D eigenvalue weighted by Gasteiger charge is -2.35. The molecule has 3 aromatic carbocycles. The van der Waals surface area contributed by atoms with Crippen LogP contribution in [0.3, 0.4) is 0 Å². The number of morpholine rings is 1. The minimum Gasteiger partial charge on any atom is -0.390 e. The molecule has 0 radical (unpaired) electrons. The Balaban J connectivity index is 1.45. The van der Waals surface area contributed by atoms with Gasteiger partial charge in [0, 0.05) is 56.3 Å². The van der Waals surface area contributed by atoms with E-state index in [1.165, 1.54) is 6.07 Å². The van der Waals surface area contributed by atoms with Crippen molar-refractivity contribution in [1.82, 2.24) is 19.5 Å². The molecular weight excluding hydrogens is 555 g/mol. The molecule has 0 unspecified atom stereocenters. The van der Waals surface area contributed by atoms with E-state index in [2.05, 4.69) is 34.1 Å². The van der Waals surface area contributed by atoms with Gasteiger partial charge < -0.3 is 14.7 Å². The third-order valence-corrected chi connectivity index (χ3v) is 8.44. The van der Waals surface area contributed by atoms with Crippen LogP contribution >= 0.6 is 0 Å². The number of hydrogen-bond acceptors (Lipinski definition) is 7. The van der Waals surface area contributed by atoms with Gasteiger partial charge in [0.1, 0.15) is 11.5 Å². The van der Waals surface area contributed by atoms with E-state index >= 15 is 0 Å². The van der Waals surface area contributed by atoms with Crippen LogP contribution in [0.15, 0.2) is 89.9 Å². The lowest BCUT2D eigenvalue weighted by molar-refractivity contribution is -0.00360. The first-order chi connectivity index (χ1) is 21.5. The number of nitrogens with zero attached hydrogens (tertiary/aromatic N) is 6. The van der Waals surface area contributed by atoms with Crippen molar-refractivity contribution in [3.8, 4) is 0 Å². The normalized spacial score (nSPS) is 15.8. The molecule has 0 bridgehead atoms. The minimum absolute atomic E-state index is 0.230. The number of aliphatic hydroxyl groups is 1. The van der Waals surface area contributed by atoms with Crippen LogP contribution in [0.1, 0.15) is 33.6 Å². The summed E-state index contributed by atoms with van der Waals surface area (Å²) in [6, 6.07) is 27.6. The maximum atomic E-state index is 14.7. The second-order valence-electron chi connectivity index (χ2n) is 11.5. The van der Waals surface area contributed by atoms with Crippen LogP contribution in [-0.2, 0) is 17.7 Å². The van der Waals surface area contributed by atoms with Crippen molar-refractivity contribution >= 4 is 22.9 Å². The molecule has 2 saturated heterocycles. The second-order valence-corrected chi connectivity index (χ2v) is 11.5. The molecule has 2 aromatic heterocycles. The molecule has 0 amide bonds. The van der Waals surface area contributed by atoms with Crippen LogP contribution < -0.4 is 4.90 Å². The molecule has 2 aliphatic rings. The summed E-state index contributed by atoms with van der Waals surface area (Å²) >= 11 is 0. The molecule has 5 aromatic rings. The zero-order valence-electron chi connectivity index (χ0n) is 24.7. The number of rotatable bonds is 8. The molecule has 224 valence electrons. The largest absolute Gasteiger partial charge is 0.390 e. The van der Waals surface area contributed by atoms with Crippen LogP contribution in [0.25, 0.3) is 5.65 Å². The molecule has 0 saturated carbocycles. The van der Waals surface area contributed by atoms with Crippen LogP contribution in [-0.4, -0.2) is 75.8 Å². The van der Waals surface area contributed by atoms with Gasteiger partial charge in [0.25, 0.3) is 0 Å². The monoisotopic (exact) mass is 590 g/mol. The maximum absolute atomic E-state index is 14.7. The van der Waals surface area contributed by atoms with E-state index in [9.17, 15) is 9.50 Å². The first kappa shape index (κ1) is 28.3. The van der Waals surface area contributed by atoms with Crippen LogP contribution in [0.2, 0.25) is 0 Å². The number of β-amino-alcohol motifs (C(OH)–C–C–N with tert-alkyl or cyclic N) is 1. The molecule has 0 aliphatic carbocycles. The van der Waals surface area contributed by atoms with Crippen LogP contribution in [0, 0.1) is 12.7 Å². The van der Waals surface area contributed by atoms with Gasteiger partial charge in [0.15, 0.2) is 11.5 Å². The van der Waals surface area contributed by atoms with Gasteiger partial charge >= 0.3 is 0 Å². The van der Waals surface area contributed by atoms with Crippen molar-refractivity contribution in [2.45, 2.75) is 26.0 Å². The number of aliphatic imine (C=N–C) groups is 1. The first-order valence-corrected chi connectivity index (χ1v) is 15.1. The number of halogens is 1. The van der Waals surface area contributed by atoms with Gasteiger partial charge in [0.05, 0.1) is 36.4 Å². The number of benzene rings is 3. The second kappa shape index (κ2) is 12.3. The average Bonchev–Trinajstić information content (AvgIpc) is 3.39. The molecule has 7 rings (SSSR count). The molecule has 0 spiro atoms. The standard InChI is InChI=1S/C35H35FN6O2/c1-24-27(13-8-14-29(24)36)19-32-31(23-40-21-28(43)22-40)38-35-30(20-33(39-42(32)35)41-15-17-44-18-16-41)37-34(25-9-4-2-5-10-25)26-11-6-3-7-12-26/h2-14,20,28,43H,15-19,21-23H2,1H3. The fraction of sp³-hybridized carbons (Fsp3) is 0.286. The van der Waals surface area contributed by atoms with Crippen molar-refractivity contribution in [3.05, 3.63) is 124 Å². The zero-order valence-corrected chi connectivity index (χ0v) is 24.7. The predicted molar refractivity (Wildman–Crippen MR) is 169 cm³/mol. The van der Waals surface area contributed by atoms with Crippen molar-refractivity contribution < 1.29 is 14.2 Å². The number of anilines is 1. The van der Waals surface area contributed by atoms with E-state index in [1.54, 1.807) is 6.07 Å². The smallest absolute Gasteiger partial charge is 0.180 e. The van der Waals surface area contributed by atoms with E-state index in [1.807, 2.05) is 60.0 Å². The first-order valence-electron chi connectivity index (χ1n) is 15.1. The van der Waals surface area contributed by atoms with Crippen molar-refractivity contribution in [2.75, 3.05) is 44.3 Å². The van der Waals surface area contributed by atoms with E-state index in [4.69, 9.17) is 19.8 Å². The van der Waals surface area contributed by atoms with Crippen LogP contribution in [0.5, 0.6) is 0 Å². The fourth-order valence-corrected chi connectivity index (χ4v) is 5.93. The molecule has 2 fully saturated rings. The number of fused-ring (bicyclic) bond motifs is 1. The Bertz CT molecular complexity index is 1750. The summed E-state index contributed by atoms with van der Waals surface area (Å²) in [7, 11) is 0. The van der Waals surface area contributed by atoms with E-state index in [-0.39, 0.29) is 11.9 Å². The Morgan fingerprint density at radius 2 is 1.64 bits per heavy atom. The summed E-state index contributed by atoms with van der Waals surface area (Å²) in [6.45, 7) is 6.25. The molecule has 44 heavy (non-hydrogen) atoms. The number of aromatic nitrogens is 3. The van der Waals surface area contributed by atoms with Gasteiger partial charge in [0.2, 0.25) is 0 Å². The zero-order chi connectivity index (χ0) is 30.0. The highest BCUT2D eigenvalue weighted by Gasteiger charge is 2.28. The Morgan fingerprint density at radius 1 is 0.955 bits per heavy atom. The Hall–Kier alpha value is -4.44. The van der Waals surface area contributed by atoms with Gasteiger partial charge in [-0.2, -0.15) is 0 Å². The van der Waals surface area contributed by atoms with Gasteiger partial charge in [-0.15, -0.1) is 5.10 Å². The number of hydrogen-bond donors (Lipinski definition) is 1. The van der Waals surface area contributed by atoms with Crippen molar-refractivity contribution in [2.24, 2.45) is 4.99 Å². The average molecular weight is 591 g/mol. The molecule has 8 nitrogen and oxygen atoms in total. The number of ether oxygens (including phenoxy) is 1. The summed E-state index contributed by atoms with van der Waals surface area (Å²) in [5, 5.41) is 15.1. The fourth-order valence-electron chi connectivity index (χ4n) is 5.93. The molecule has 9 heteroatoms. The summed E-state index contributed by atoms with van der Waals surface area (Å²) in [4.78, 5) is 14.9. The summed E-state index contributed by atoms with van der Waals surface area (Å²) < 4.78 is 22.2. The summed E-state index contributed by atoms with van der Waals surface area (Å²) in [5.74, 6) is 0.562. The minimum atomic E-state index is -0.327. The number of imidazole rings is 1. The van der Waals surface area contributed by atoms with Gasteiger partial charge in [-0.25, -0.2) is 18.9 Å². The predicted octanol–water partition coefficient (Wildman–Crippen LogP) is 4.95. The van der Waals surface area contributed by atoms with E-state index < -0.39 is 0 Å². The molecule has 4 heterocycles. The Labute approximate surface area is 256 Å². The lowest BCUT2D eigenvalue weighted by atomic mass is 10.0. The van der Waals surface area contributed by atoms with E-state index in [0.717, 1.165) is 52.7 Å². The van der Waals surface area contributed by atoms with Gasteiger partial charge in [-0.3, -0.25) is 4.90 Å². The molecule has 1 N–H and O–H groups in total.